The zero-order valence-corrected chi connectivity index (χ0v) is 14.2. The van der Waals surface area contributed by atoms with Gasteiger partial charge in [-0.05, 0) is 62.4 Å². The molecule has 2 N–H and O–H groups in total. The lowest BCUT2D eigenvalue weighted by Crippen LogP contribution is -2.32. The average Bonchev–Trinajstić information content (AvgIpc) is 2.39. The van der Waals surface area contributed by atoms with E-state index in [0.717, 1.165) is 18.7 Å². The van der Waals surface area contributed by atoms with Crippen LogP contribution in [-0.2, 0) is 4.79 Å². The van der Waals surface area contributed by atoms with E-state index in [-0.39, 0.29) is 30.7 Å². The lowest BCUT2D eigenvalue weighted by atomic mass is 9.84. The summed E-state index contributed by atoms with van der Waals surface area (Å²) in [6.07, 6.45) is 4.66. The molecule has 2 rings (SSSR count). The summed E-state index contributed by atoms with van der Waals surface area (Å²) in [4.78, 5) is 16.2. The van der Waals surface area contributed by atoms with E-state index in [2.05, 4.69) is 22.5 Å². The van der Waals surface area contributed by atoms with Gasteiger partial charge in [0.1, 0.15) is 5.82 Å². The summed E-state index contributed by atoms with van der Waals surface area (Å²) in [5, 5.41) is 6.25. The first-order valence-electron chi connectivity index (χ1n) is 7.08. The van der Waals surface area contributed by atoms with Gasteiger partial charge in [0.25, 0.3) is 0 Å². The van der Waals surface area contributed by atoms with Gasteiger partial charge in [-0.1, -0.05) is 6.92 Å². The summed E-state index contributed by atoms with van der Waals surface area (Å²) >= 11 is 0. The molecule has 0 aliphatic carbocycles. The van der Waals surface area contributed by atoms with Crippen molar-refractivity contribution in [2.24, 2.45) is 11.8 Å². The van der Waals surface area contributed by atoms with E-state index in [1.807, 2.05) is 19.1 Å². The molecule has 1 aromatic rings. The fourth-order valence-corrected chi connectivity index (χ4v) is 2.67. The van der Waals surface area contributed by atoms with Gasteiger partial charge in [-0.3, -0.25) is 4.79 Å². The van der Waals surface area contributed by atoms with Crippen LogP contribution in [0.5, 0.6) is 0 Å². The molecule has 1 fully saturated rings. The molecule has 0 bridgehead atoms. The van der Waals surface area contributed by atoms with Gasteiger partial charge in [0.15, 0.2) is 0 Å². The maximum absolute atomic E-state index is 12.0. The number of aryl methyl sites for hydroxylation is 1. The van der Waals surface area contributed by atoms with Crippen molar-refractivity contribution in [3.8, 4) is 0 Å². The van der Waals surface area contributed by atoms with Gasteiger partial charge in [-0.25, -0.2) is 4.98 Å². The number of hydrogen-bond donors (Lipinski definition) is 2. The van der Waals surface area contributed by atoms with Crippen LogP contribution in [0.25, 0.3) is 0 Å². The van der Waals surface area contributed by atoms with E-state index in [1.54, 1.807) is 6.20 Å². The lowest BCUT2D eigenvalue weighted by Gasteiger charge is -2.27. The lowest BCUT2D eigenvalue weighted by molar-refractivity contribution is -0.117. The first-order chi connectivity index (χ1) is 9.15. The van der Waals surface area contributed by atoms with E-state index >= 15 is 0 Å². The van der Waals surface area contributed by atoms with Gasteiger partial charge in [0.05, 0.1) is 0 Å². The number of carbonyl (C=O) groups is 1. The maximum Gasteiger partial charge on any atom is 0.225 e. The van der Waals surface area contributed by atoms with E-state index in [4.69, 9.17) is 0 Å². The van der Waals surface area contributed by atoms with Crippen LogP contribution in [0.1, 0.15) is 31.7 Å². The first-order valence-corrected chi connectivity index (χ1v) is 7.08. The minimum atomic E-state index is 0. The smallest absolute Gasteiger partial charge is 0.225 e. The van der Waals surface area contributed by atoms with Crippen LogP contribution >= 0.6 is 24.8 Å². The van der Waals surface area contributed by atoms with E-state index in [9.17, 15) is 4.79 Å². The normalized spacial score (nSPS) is 16.3. The van der Waals surface area contributed by atoms with Crippen LogP contribution in [0.15, 0.2) is 18.3 Å². The van der Waals surface area contributed by atoms with Crippen molar-refractivity contribution in [3.63, 3.8) is 0 Å². The second kappa shape index (κ2) is 9.98. The fourth-order valence-electron chi connectivity index (χ4n) is 2.67. The van der Waals surface area contributed by atoms with Crippen LogP contribution in [0.3, 0.4) is 0 Å². The number of carbonyl (C=O) groups excluding carboxylic acids is 1. The van der Waals surface area contributed by atoms with Crippen molar-refractivity contribution in [2.45, 2.75) is 33.1 Å². The third-order valence-electron chi connectivity index (χ3n) is 3.88. The predicted molar refractivity (Wildman–Crippen MR) is 91.5 cm³/mol. The summed E-state index contributed by atoms with van der Waals surface area (Å²) in [6.45, 7) is 6.33. The number of aromatic nitrogens is 1. The summed E-state index contributed by atoms with van der Waals surface area (Å²) in [7, 11) is 0. The molecule has 0 aromatic carbocycles. The second-order valence-electron chi connectivity index (χ2n) is 5.54. The van der Waals surface area contributed by atoms with Crippen molar-refractivity contribution in [2.75, 3.05) is 18.4 Å². The Morgan fingerprint density at radius 3 is 2.71 bits per heavy atom. The molecule has 0 radical (unpaired) electrons. The molecule has 1 saturated heterocycles. The first kappa shape index (κ1) is 20.2. The quantitative estimate of drug-likeness (QED) is 0.889. The van der Waals surface area contributed by atoms with Gasteiger partial charge >= 0.3 is 0 Å². The number of nitrogens with zero attached hydrogens (tertiary/aromatic N) is 1. The molecule has 1 amide bonds. The molecule has 2 heterocycles. The number of nitrogens with one attached hydrogen (secondary N) is 2. The van der Waals surface area contributed by atoms with E-state index in [0.29, 0.717) is 24.1 Å². The summed E-state index contributed by atoms with van der Waals surface area (Å²) < 4.78 is 0. The van der Waals surface area contributed by atoms with E-state index < -0.39 is 0 Å². The second-order valence-corrected chi connectivity index (χ2v) is 5.54. The number of halogens is 2. The largest absolute Gasteiger partial charge is 0.317 e. The highest BCUT2D eigenvalue weighted by Crippen LogP contribution is 2.24. The van der Waals surface area contributed by atoms with Gasteiger partial charge in [-0.2, -0.15) is 0 Å². The molecule has 6 heteroatoms. The molecular formula is C15H25Cl2N3O. The van der Waals surface area contributed by atoms with Gasteiger partial charge in [0, 0.05) is 12.6 Å². The van der Waals surface area contributed by atoms with Gasteiger partial charge < -0.3 is 10.6 Å². The topological polar surface area (TPSA) is 54.0 Å². The molecule has 0 saturated carbocycles. The molecule has 4 nitrogen and oxygen atoms in total. The van der Waals surface area contributed by atoms with Crippen LogP contribution in [0, 0.1) is 18.8 Å². The molecule has 1 aliphatic rings. The standard InChI is InChI=1S/C15H23N3O.2ClH/c1-11-3-8-17-14(9-11)18-15(19)10-12(2)13-4-6-16-7-5-13;;/h3,8-9,12-13,16H,4-7,10H2,1-2H3,(H,17,18,19);2*1H. The fraction of sp³-hybridized carbons (Fsp3) is 0.600. The van der Waals surface area contributed by atoms with Crippen molar-refractivity contribution in [1.29, 1.82) is 0 Å². The maximum atomic E-state index is 12.0. The van der Waals surface area contributed by atoms with Gasteiger partial charge in [0.2, 0.25) is 5.91 Å². The highest BCUT2D eigenvalue weighted by Gasteiger charge is 2.22. The Kier molecular flexibility index (Phi) is 9.58. The molecular weight excluding hydrogens is 309 g/mol. The van der Waals surface area contributed by atoms with Gasteiger partial charge in [-0.15, -0.1) is 24.8 Å². The number of amides is 1. The van der Waals surface area contributed by atoms with Crippen LogP contribution in [0.4, 0.5) is 5.82 Å². The summed E-state index contributed by atoms with van der Waals surface area (Å²) in [5.41, 5.74) is 1.11. The van der Waals surface area contributed by atoms with Crippen molar-refractivity contribution >= 4 is 36.5 Å². The minimum absolute atomic E-state index is 0. The molecule has 120 valence electrons. The van der Waals surface area contributed by atoms with Crippen LogP contribution in [-0.4, -0.2) is 24.0 Å². The Bertz CT molecular complexity index is 437. The zero-order chi connectivity index (χ0) is 13.7. The predicted octanol–water partition coefficient (Wildman–Crippen LogP) is 3.20. The Hall–Kier alpha value is -0.840. The molecule has 0 spiro atoms. The average molecular weight is 334 g/mol. The third kappa shape index (κ3) is 6.64. The Balaban J connectivity index is 0.00000200. The van der Waals surface area contributed by atoms with Crippen LogP contribution in [0.2, 0.25) is 0 Å². The summed E-state index contributed by atoms with van der Waals surface area (Å²) in [5.74, 6) is 1.83. The Morgan fingerprint density at radius 1 is 1.43 bits per heavy atom. The molecule has 1 aromatic heterocycles. The van der Waals surface area contributed by atoms with Crippen LogP contribution < -0.4 is 10.6 Å². The number of piperidine rings is 1. The van der Waals surface area contributed by atoms with Crippen molar-refractivity contribution in [1.82, 2.24) is 10.3 Å². The highest BCUT2D eigenvalue weighted by atomic mass is 35.5. The minimum Gasteiger partial charge on any atom is -0.317 e. The zero-order valence-electron chi connectivity index (χ0n) is 12.6. The monoisotopic (exact) mass is 333 g/mol. The van der Waals surface area contributed by atoms with Crippen molar-refractivity contribution in [3.05, 3.63) is 23.9 Å². The van der Waals surface area contributed by atoms with E-state index in [1.165, 1.54) is 12.8 Å². The summed E-state index contributed by atoms with van der Waals surface area (Å²) in [6, 6.07) is 3.82. The number of hydrogen-bond acceptors (Lipinski definition) is 3. The molecule has 1 aliphatic heterocycles. The Labute approximate surface area is 139 Å². The molecule has 1 atom stereocenters. The number of rotatable bonds is 4. The number of anilines is 1. The number of pyridine rings is 1. The highest BCUT2D eigenvalue weighted by molar-refractivity contribution is 5.89. The van der Waals surface area contributed by atoms with Crippen molar-refractivity contribution < 1.29 is 4.79 Å². The SMILES string of the molecule is Cc1ccnc(NC(=O)CC(C)C2CCNCC2)c1.Cl.Cl. The molecule has 21 heavy (non-hydrogen) atoms. The third-order valence-corrected chi connectivity index (χ3v) is 3.88. The Morgan fingerprint density at radius 2 is 2.10 bits per heavy atom. The molecule has 1 unspecified atom stereocenters.